The molecule has 1 aliphatic heterocycles. The molecule has 7 nitrogen and oxygen atoms in total. The number of anilines is 2. The van der Waals surface area contributed by atoms with Gasteiger partial charge in [-0.3, -0.25) is 14.1 Å². The Morgan fingerprint density at radius 2 is 1.86 bits per heavy atom. The molecule has 1 aliphatic rings. The van der Waals surface area contributed by atoms with E-state index in [1.165, 1.54) is 25.4 Å². The number of amides is 1. The number of rotatable bonds is 4. The number of nitrogens with one attached hydrogen (secondary N) is 2. The number of benzene rings is 2. The Morgan fingerprint density at radius 3 is 2.43 bits per heavy atom. The summed E-state index contributed by atoms with van der Waals surface area (Å²) in [7, 11) is 1.50. The van der Waals surface area contributed by atoms with E-state index < -0.39 is 17.0 Å². The zero-order valence-corrected chi connectivity index (χ0v) is 21.6. The van der Waals surface area contributed by atoms with E-state index in [-0.39, 0.29) is 5.91 Å². The molecule has 1 unspecified atom stereocenters. The maximum Gasteiger partial charge on any atom is 0.255 e. The molecule has 0 bridgehead atoms. The van der Waals surface area contributed by atoms with Gasteiger partial charge in [-0.25, -0.2) is 13.3 Å². The fourth-order valence-electron chi connectivity index (χ4n) is 2.95. The largest absolute Gasteiger partial charge is 0.333 e. The molecule has 186 valence electrons. The topological polar surface area (TPSA) is 100 Å². The lowest BCUT2D eigenvalue weighted by molar-refractivity contribution is 0.102. The summed E-state index contributed by atoms with van der Waals surface area (Å²) in [6.45, 7) is 6.34. The zero-order chi connectivity index (χ0) is 26.0. The molecule has 2 aromatic carbocycles. The number of hydrogen-bond donors (Lipinski definition) is 3. The molecular formula is C24H26Cl2FN5O2S. The molecule has 4 N–H and O–H groups in total. The molecule has 0 aliphatic carbocycles. The van der Waals surface area contributed by atoms with Crippen molar-refractivity contribution in [3.63, 3.8) is 0 Å². The SMILES string of the molecule is C=C(C)Cl.CN.O=C(Nc1ccc(Cl)c(-c2cc(F)ccn2)c1)c1ccc(N2CCNS2=O)cc1. The van der Waals surface area contributed by atoms with Gasteiger partial charge in [0, 0.05) is 47.2 Å². The number of aromatic nitrogens is 1. The van der Waals surface area contributed by atoms with Crippen LogP contribution in [0.2, 0.25) is 5.02 Å². The Bertz CT molecular complexity index is 1190. The highest BCUT2D eigenvalue weighted by Crippen LogP contribution is 2.30. The summed E-state index contributed by atoms with van der Waals surface area (Å²) >= 11 is 10.1. The number of halogens is 3. The summed E-state index contributed by atoms with van der Waals surface area (Å²) in [5, 5.41) is 3.84. The van der Waals surface area contributed by atoms with Crippen molar-refractivity contribution in [3.8, 4) is 11.3 Å². The second-order valence-corrected chi connectivity index (χ2v) is 9.26. The number of pyridine rings is 1. The van der Waals surface area contributed by atoms with E-state index in [1.807, 2.05) is 0 Å². The number of nitrogens with two attached hydrogens (primary N) is 1. The van der Waals surface area contributed by atoms with Crippen molar-refractivity contribution in [3.05, 3.63) is 88.8 Å². The molecule has 0 radical (unpaired) electrons. The maximum atomic E-state index is 13.5. The van der Waals surface area contributed by atoms with Crippen molar-refractivity contribution in [1.82, 2.24) is 9.71 Å². The maximum absolute atomic E-state index is 13.5. The fraction of sp³-hybridized carbons (Fsp3) is 0.167. The van der Waals surface area contributed by atoms with Gasteiger partial charge in [0.05, 0.1) is 16.4 Å². The van der Waals surface area contributed by atoms with E-state index in [4.69, 9.17) is 23.2 Å². The molecule has 1 fully saturated rings. The van der Waals surface area contributed by atoms with Gasteiger partial charge < -0.3 is 11.1 Å². The molecule has 1 saturated heterocycles. The van der Waals surface area contributed by atoms with Crippen LogP contribution in [0.5, 0.6) is 0 Å². The Hall–Kier alpha value is -2.82. The highest BCUT2D eigenvalue weighted by molar-refractivity contribution is 7.84. The van der Waals surface area contributed by atoms with Crippen LogP contribution in [0.15, 0.2) is 72.4 Å². The lowest BCUT2D eigenvalue weighted by Crippen LogP contribution is -2.22. The standard InChI is InChI=1S/C20H16ClFN4O2S.C3H5Cl.CH5N/c21-18-6-3-15(12-17(18)19-11-14(22)7-8-23-19)25-20(27)13-1-4-16(5-2-13)26-10-9-24-29(26)28;1-3(2)4;1-2/h1-8,11-12,24H,9-10H2,(H,25,27);1H2,2H3;2H2,1H3. The summed E-state index contributed by atoms with van der Waals surface area (Å²) in [4.78, 5) is 16.7. The van der Waals surface area contributed by atoms with E-state index in [0.29, 0.717) is 45.7 Å². The van der Waals surface area contributed by atoms with Crippen LogP contribution in [-0.4, -0.2) is 35.2 Å². The van der Waals surface area contributed by atoms with Crippen molar-refractivity contribution in [2.24, 2.45) is 5.73 Å². The van der Waals surface area contributed by atoms with Gasteiger partial charge in [0.2, 0.25) is 0 Å². The van der Waals surface area contributed by atoms with E-state index in [0.717, 1.165) is 5.69 Å². The second kappa shape index (κ2) is 13.9. The molecule has 2 heterocycles. The molecule has 1 amide bonds. The summed E-state index contributed by atoms with van der Waals surface area (Å²) in [6, 6.07) is 14.3. The molecule has 0 spiro atoms. The summed E-state index contributed by atoms with van der Waals surface area (Å²) in [6.07, 6.45) is 1.36. The highest BCUT2D eigenvalue weighted by atomic mass is 35.5. The molecule has 0 saturated carbocycles. The third-order valence-corrected chi connectivity index (χ3v) is 5.95. The predicted molar refractivity (Wildman–Crippen MR) is 143 cm³/mol. The number of allylic oxidation sites excluding steroid dienone is 1. The van der Waals surface area contributed by atoms with E-state index in [2.05, 4.69) is 27.3 Å². The predicted octanol–water partition coefficient (Wildman–Crippen LogP) is 5.12. The first kappa shape index (κ1) is 28.4. The molecule has 1 aromatic heterocycles. The number of carbonyl (C=O) groups excluding carboxylic acids is 1. The van der Waals surface area contributed by atoms with Crippen LogP contribution >= 0.6 is 23.2 Å². The summed E-state index contributed by atoms with van der Waals surface area (Å²) in [5.74, 6) is -0.729. The Kier molecular flexibility index (Phi) is 11.3. The van der Waals surface area contributed by atoms with Crippen molar-refractivity contribution >= 4 is 51.7 Å². The smallest absolute Gasteiger partial charge is 0.255 e. The average molecular weight is 538 g/mol. The van der Waals surface area contributed by atoms with Crippen LogP contribution in [0.4, 0.5) is 15.8 Å². The number of carbonyl (C=O) groups is 1. The van der Waals surface area contributed by atoms with Gasteiger partial charge in [0.25, 0.3) is 5.91 Å². The Balaban J connectivity index is 0.000000655. The lowest BCUT2D eigenvalue weighted by Gasteiger charge is -2.15. The first-order valence-corrected chi connectivity index (χ1v) is 12.3. The van der Waals surface area contributed by atoms with Gasteiger partial charge in [-0.2, -0.15) is 0 Å². The van der Waals surface area contributed by atoms with Crippen LogP contribution in [-0.2, 0) is 11.2 Å². The van der Waals surface area contributed by atoms with E-state index in [1.54, 1.807) is 53.7 Å². The van der Waals surface area contributed by atoms with Crippen molar-refractivity contribution in [2.75, 3.05) is 29.8 Å². The van der Waals surface area contributed by atoms with Gasteiger partial charge in [-0.05, 0) is 62.5 Å². The molecule has 1 atom stereocenters. The molecule has 4 rings (SSSR count). The molecule has 11 heteroatoms. The van der Waals surface area contributed by atoms with Crippen LogP contribution < -0.4 is 20.1 Å². The van der Waals surface area contributed by atoms with Crippen LogP contribution in [0.3, 0.4) is 0 Å². The number of nitrogens with zero attached hydrogens (tertiary/aromatic N) is 2. The average Bonchev–Trinajstić information content (AvgIpc) is 3.27. The van der Waals surface area contributed by atoms with Crippen molar-refractivity contribution < 1.29 is 13.4 Å². The van der Waals surface area contributed by atoms with E-state index in [9.17, 15) is 13.4 Å². The Labute approximate surface area is 216 Å². The van der Waals surface area contributed by atoms with Gasteiger partial charge >= 0.3 is 0 Å². The second-order valence-electron chi connectivity index (χ2n) is 6.98. The third kappa shape index (κ3) is 8.41. The minimum Gasteiger partial charge on any atom is -0.333 e. The Morgan fingerprint density at radius 1 is 1.20 bits per heavy atom. The van der Waals surface area contributed by atoms with Crippen LogP contribution in [0.1, 0.15) is 17.3 Å². The fourth-order valence-corrected chi connectivity index (χ4v) is 4.16. The van der Waals surface area contributed by atoms with Crippen LogP contribution in [0.25, 0.3) is 11.3 Å². The van der Waals surface area contributed by atoms with Gasteiger partial charge in [0.15, 0.2) is 11.2 Å². The van der Waals surface area contributed by atoms with E-state index >= 15 is 0 Å². The zero-order valence-electron chi connectivity index (χ0n) is 19.2. The molecular weight excluding hydrogens is 512 g/mol. The van der Waals surface area contributed by atoms with Crippen molar-refractivity contribution in [2.45, 2.75) is 6.92 Å². The monoisotopic (exact) mass is 537 g/mol. The normalized spacial score (nSPS) is 14.2. The minimum atomic E-state index is -1.25. The van der Waals surface area contributed by atoms with Crippen molar-refractivity contribution in [1.29, 1.82) is 0 Å². The first-order valence-electron chi connectivity index (χ1n) is 10.4. The molecule has 35 heavy (non-hydrogen) atoms. The van der Waals surface area contributed by atoms with Gasteiger partial charge in [0.1, 0.15) is 5.82 Å². The summed E-state index contributed by atoms with van der Waals surface area (Å²) < 4.78 is 29.9. The quantitative estimate of drug-likeness (QED) is 0.430. The summed E-state index contributed by atoms with van der Waals surface area (Å²) in [5.41, 5.74) is 7.13. The van der Waals surface area contributed by atoms with Gasteiger partial charge in [-0.1, -0.05) is 29.8 Å². The highest BCUT2D eigenvalue weighted by Gasteiger charge is 2.20. The number of hydrogen-bond acceptors (Lipinski definition) is 4. The molecule has 3 aromatic rings. The minimum absolute atomic E-state index is 0.308. The van der Waals surface area contributed by atoms with Crippen LogP contribution in [0, 0.1) is 5.82 Å². The third-order valence-electron chi connectivity index (χ3n) is 4.38. The first-order chi connectivity index (χ1) is 16.7. The van der Waals surface area contributed by atoms with Gasteiger partial charge in [-0.15, -0.1) is 0 Å². The lowest BCUT2D eigenvalue weighted by atomic mass is 10.1.